The van der Waals surface area contributed by atoms with Crippen LogP contribution in [0.5, 0.6) is 0 Å². The number of aromatic nitrogens is 3. The number of carbonyl (C=O) groups excluding carboxylic acids is 1. The Kier molecular flexibility index (Phi) is 4.81. The number of amides is 1. The third kappa shape index (κ3) is 3.66. The molecule has 5 rings (SSSR count). The minimum atomic E-state index is -4.61. The fraction of sp³-hybridized carbons (Fsp3) is 0.182. The second-order valence-electron chi connectivity index (χ2n) is 7.50. The fourth-order valence-electron chi connectivity index (χ4n) is 3.68. The fourth-order valence-corrected chi connectivity index (χ4v) is 4.56. The molecule has 0 aliphatic heterocycles. The van der Waals surface area contributed by atoms with Gasteiger partial charge < -0.3 is 10.3 Å². The zero-order chi connectivity index (χ0) is 22.5. The summed E-state index contributed by atoms with van der Waals surface area (Å²) >= 11 is 1.00. The van der Waals surface area contributed by atoms with Gasteiger partial charge in [-0.15, -0.1) is 0 Å². The van der Waals surface area contributed by atoms with Crippen LogP contribution in [-0.2, 0) is 6.18 Å². The van der Waals surface area contributed by atoms with E-state index in [2.05, 4.69) is 19.7 Å². The van der Waals surface area contributed by atoms with Crippen molar-refractivity contribution in [1.82, 2.24) is 14.3 Å². The van der Waals surface area contributed by atoms with E-state index in [1.165, 1.54) is 6.07 Å². The number of halogens is 3. The summed E-state index contributed by atoms with van der Waals surface area (Å²) in [6.45, 7) is 0. The molecule has 1 fully saturated rings. The average molecular weight is 456 g/mol. The number of benzene rings is 1. The SMILES string of the molecule is O=C(Nc1ccnc(C(F)(F)F)c1)c1snc(-c2cccc3c(=O)[nH]ccc23)c1C1CC1. The van der Waals surface area contributed by atoms with Gasteiger partial charge in [-0.25, -0.2) is 0 Å². The van der Waals surface area contributed by atoms with E-state index in [-0.39, 0.29) is 17.2 Å². The van der Waals surface area contributed by atoms with Crippen molar-refractivity contribution in [1.29, 1.82) is 0 Å². The van der Waals surface area contributed by atoms with Gasteiger partial charge in [0.1, 0.15) is 10.6 Å². The number of aromatic amines is 1. The van der Waals surface area contributed by atoms with Crippen LogP contribution in [-0.4, -0.2) is 20.2 Å². The molecule has 3 aromatic heterocycles. The predicted molar refractivity (Wildman–Crippen MR) is 115 cm³/mol. The second-order valence-corrected chi connectivity index (χ2v) is 8.28. The highest BCUT2D eigenvalue weighted by Crippen LogP contribution is 2.48. The highest BCUT2D eigenvalue weighted by molar-refractivity contribution is 7.08. The van der Waals surface area contributed by atoms with E-state index in [0.717, 1.165) is 53.2 Å². The summed E-state index contributed by atoms with van der Waals surface area (Å²) in [7, 11) is 0. The number of rotatable bonds is 4. The molecule has 0 radical (unpaired) electrons. The molecule has 1 aromatic carbocycles. The highest BCUT2D eigenvalue weighted by atomic mass is 32.1. The molecule has 0 atom stereocenters. The van der Waals surface area contributed by atoms with Crippen LogP contribution in [0.15, 0.2) is 53.6 Å². The van der Waals surface area contributed by atoms with Crippen molar-refractivity contribution in [3.05, 3.63) is 75.3 Å². The van der Waals surface area contributed by atoms with Crippen molar-refractivity contribution in [3.8, 4) is 11.3 Å². The number of alkyl halides is 3. The third-order valence-electron chi connectivity index (χ3n) is 5.30. The van der Waals surface area contributed by atoms with Gasteiger partial charge in [0.05, 0.1) is 5.69 Å². The van der Waals surface area contributed by atoms with E-state index >= 15 is 0 Å². The molecule has 1 saturated carbocycles. The summed E-state index contributed by atoms with van der Waals surface area (Å²) in [5.74, 6) is -0.377. The number of anilines is 1. The Labute approximate surface area is 183 Å². The number of H-pyrrole nitrogens is 1. The second kappa shape index (κ2) is 7.56. The highest BCUT2D eigenvalue weighted by Gasteiger charge is 2.35. The Hall–Kier alpha value is -3.53. The topological polar surface area (TPSA) is 87.7 Å². The van der Waals surface area contributed by atoms with Crippen molar-refractivity contribution < 1.29 is 18.0 Å². The van der Waals surface area contributed by atoms with E-state index in [1.807, 2.05) is 6.07 Å². The molecule has 162 valence electrons. The Morgan fingerprint density at radius 1 is 1.16 bits per heavy atom. The van der Waals surface area contributed by atoms with Gasteiger partial charge in [0.2, 0.25) is 0 Å². The van der Waals surface area contributed by atoms with E-state index < -0.39 is 17.8 Å². The van der Waals surface area contributed by atoms with E-state index in [4.69, 9.17) is 0 Å². The van der Waals surface area contributed by atoms with Gasteiger partial charge in [-0.2, -0.15) is 17.5 Å². The number of nitrogens with one attached hydrogen (secondary N) is 2. The largest absolute Gasteiger partial charge is 0.433 e. The summed E-state index contributed by atoms with van der Waals surface area (Å²) in [6.07, 6.45) is -0.253. The molecule has 0 saturated heterocycles. The number of nitrogens with zero attached hydrogens (tertiary/aromatic N) is 2. The van der Waals surface area contributed by atoms with Crippen LogP contribution in [0.3, 0.4) is 0 Å². The first-order valence-corrected chi connectivity index (χ1v) is 10.5. The van der Waals surface area contributed by atoms with Crippen LogP contribution in [0.25, 0.3) is 22.0 Å². The summed E-state index contributed by atoms with van der Waals surface area (Å²) in [4.78, 5) is 31.5. The molecule has 0 bridgehead atoms. The van der Waals surface area contributed by atoms with Gasteiger partial charge in [-0.3, -0.25) is 14.6 Å². The van der Waals surface area contributed by atoms with Crippen molar-refractivity contribution in [3.63, 3.8) is 0 Å². The van der Waals surface area contributed by atoms with Gasteiger partial charge >= 0.3 is 6.18 Å². The Morgan fingerprint density at radius 3 is 2.72 bits per heavy atom. The minimum absolute atomic E-state index is 0.00529. The van der Waals surface area contributed by atoms with E-state index in [0.29, 0.717) is 16.0 Å². The van der Waals surface area contributed by atoms with E-state index in [1.54, 1.807) is 24.4 Å². The summed E-state index contributed by atoms with van der Waals surface area (Å²) < 4.78 is 43.4. The maximum Gasteiger partial charge on any atom is 0.433 e. The first-order valence-electron chi connectivity index (χ1n) is 9.78. The zero-order valence-electron chi connectivity index (χ0n) is 16.4. The van der Waals surface area contributed by atoms with Crippen molar-refractivity contribution in [2.75, 3.05) is 5.32 Å². The van der Waals surface area contributed by atoms with Crippen LogP contribution >= 0.6 is 11.5 Å². The molecule has 0 spiro atoms. The number of hydrogen-bond donors (Lipinski definition) is 2. The lowest BCUT2D eigenvalue weighted by atomic mass is 9.98. The molecule has 1 aliphatic rings. The molecule has 0 unspecified atom stereocenters. The first-order chi connectivity index (χ1) is 15.3. The maximum atomic E-state index is 13.0. The molecule has 2 N–H and O–H groups in total. The number of fused-ring (bicyclic) bond motifs is 1. The Morgan fingerprint density at radius 2 is 1.97 bits per heavy atom. The monoisotopic (exact) mass is 456 g/mol. The molecule has 1 aliphatic carbocycles. The van der Waals surface area contributed by atoms with Crippen LogP contribution in [0, 0.1) is 0 Å². The van der Waals surface area contributed by atoms with Crippen molar-refractivity contribution >= 4 is 33.9 Å². The molecule has 1 amide bonds. The van der Waals surface area contributed by atoms with Crippen LogP contribution in [0.4, 0.5) is 18.9 Å². The van der Waals surface area contributed by atoms with Crippen molar-refractivity contribution in [2.24, 2.45) is 0 Å². The molecule has 6 nitrogen and oxygen atoms in total. The molecule has 4 aromatic rings. The van der Waals surface area contributed by atoms with Gasteiger partial charge in [0, 0.05) is 34.6 Å². The lowest BCUT2D eigenvalue weighted by Gasteiger charge is -2.10. The zero-order valence-corrected chi connectivity index (χ0v) is 17.2. The molecular formula is C22H15F3N4O2S. The first kappa shape index (κ1) is 20.4. The van der Waals surface area contributed by atoms with Gasteiger partial charge in [0.25, 0.3) is 11.5 Å². The Bertz CT molecular complexity index is 1410. The van der Waals surface area contributed by atoms with Crippen LogP contribution in [0.1, 0.15) is 39.7 Å². The molecule has 10 heteroatoms. The smallest absolute Gasteiger partial charge is 0.329 e. The number of carbonyl (C=O) groups is 1. The minimum Gasteiger partial charge on any atom is -0.329 e. The summed E-state index contributed by atoms with van der Waals surface area (Å²) in [5, 5.41) is 3.78. The van der Waals surface area contributed by atoms with Gasteiger partial charge in [-0.1, -0.05) is 12.1 Å². The Balaban J connectivity index is 1.55. The lowest BCUT2D eigenvalue weighted by Crippen LogP contribution is -2.14. The normalized spacial score (nSPS) is 14.0. The molecular weight excluding hydrogens is 441 g/mol. The lowest BCUT2D eigenvalue weighted by molar-refractivity contribution is -0.141. The summed E-state index contributed by atoms with van der Waals surface area (Å²) in [6, 6.07) is 9.23. The standard InChI is InChI=1S/C22H15F3N4O2S/c23-22(24,25)16-10-12(6-8-26-16)28-21(31)19-17(11-4-5-11)18(29-32-19)14-2-1-3-15-13(14)7-9-27-20(15)30/h1-3,6-11H,4-5H2,(H,27,30)(H,26,28,31). The quantitative estimate of drug-likeness (QED) is 0.442. The van der Waals surface area contributed by atoms with E-state index in [9.17, 15) is 22.8 Å². The van der Waals surface area contributed by atoms with Gasteiger partial charge in [-0.05, 0) is 59.9 Å². The summed E-state index contributed by atoms with van der Waals surface area (Å²) in [5.41, 5.74) is 0.849. The number of hydrogen-bond acceptors (Lipinski definition) is 5. The van der Waals surface area contributed by atoms with Crippen LogP contribution < -0.4 is 10.9 Å². The van der Waals surface area contributed by atoms with Gasteiger partial charge in [0.15, 0.2) is 0 Å². The molecule has 3 heterocycles. The third-order valence-corrected chi connectivity index (χ3v) is 6.16. The maximum absolute atomic E-state index is 13.0. The number of pyridine rings is 2. The van der Waals surface area contributed by atoms with Crippen molar-refractivity contribution in [2.45, 2.75) is 24.9 Å². The molecule has 32 heavy (non-hydrogen) atoms. The van der Waals surface area contributed by atoms with Crippen LogP contribution in [0.2, 0.25) is 0 Å². The predicted octanol–water partition coefficient (Wildman–Crippen LogP) is 5.20. The average Bonchev–Trinajstić information content (AvgIpc) is 3.51.